The lowest BCUT2D eigenvalue weighted by Gasteiger charge is -2.50. The van der Waals surface area contributed by atoms with Crippen molar-refractivity contribution in [1.82, 2.24) is 26.6 Å². The third-order valence-corrected chi connectivity index (χ3v) is 24.4. The van der Waals surface area contributed by atoms with Crippen LogP contribution in [-0.4, -0.2) is 584 Å². The molecule has 9 heterocycles. The molecule has 0 saturated carbocycles. The van der Waals surface area contributed by atoms with E-state index >= 15 is 0 Å². The van der Waals surface area contributed by atoms with E-state index in [2.05, 4.69) is 21.3 Å². The van der Waals surface area contributed by atoms with Crippen molar-refractivity contribution in [3.05, 3.63) is 0 Å². The highest BCUT2D eigenvalue weighted by atomic mass is 16.8. The molecule has 9 saturated heterocycles. The van der Waals surface area contributed by atoms with Gasteiger partial charge in [0.2, 0.25) is 29.5 Å². The molecule has 138 heavy (non-hydrogen) atoms. The zero-order chi connectivity index (χ0) is 103. The van der Waals surface area contributed by atoms with E-state index in [9.17, 15) is 197 Å². The summed E-state index contributed by atoms with van der Waals surface area (Å²) in [4.78, 5) is 101. The number of nitrogens with one attached hydrogen (secondary N) is 5. The second-order valence-corrected chi connectivity index (χ2v) is 34.3. The first-order chi connectivity index (χ1) is 64.9. The van der Waals surface area contributed by atoms with Crippen molar-refractivity contribution < 1.29 is 282 Å². The molecule has 0 radical (unpaired) electrons. The summed E-state index contributed by atoms with van der Waals surface area (Å²) in [5.74, 6) is -15.2. The molecule has 51 unspecified atom stereocenters. The van der Waals surface area contributed by atoms with Crippen LogP contribution >= 0.6 is 0 Å². The number of ether oxygens (including phenoxy) is 18. The number of hydrogen-bond acceptors (Lipinski definition) is 55. The third-order valence-electron chi connectivity index (χ3n) is 24.4. The van der Waals surface area contributed by atoms with Gasteiger partial charge in [-0.25, -0.2) is 9.59 Å². The molecular weight excluding hydrogens is 1890 g/mol. The minimum atomic E-state index is -3.12. The number of carboxylic acids is 2. The number of aliphatic hydroxyl groups is 29. The van der Waals surface area contributed by atoms with Crippen LogP contribution in [0.4, 0.5) is 0 Å². The SMILES string of the molecule is CC(=O)NC(C=O)C(O)C(OC1OC(COC2OC(CO)C(O)C(O)C2OC2OC(CO)C(OC3OC(COC4(C(=O)O)CC(O)C(NC(C)=O)C(C(O)C(O)CO)O4)C(O)C(O)C3O)C(O)C2NC(C)=O)C(O)C(OC2OC(CO)C(O)C(O)C2OC2OC(CO)C(OC3OC(COC4(C(=O)O)CC(O)C(NC(C)=O)C(C(O)C(O)CO)O4)C(O)C(O)C3O)C(O)C2NC(C)=O)C1O)C(O)CO. The van der Waals surface area contributed by atoms with Gasteiger partial charge in [0.05, 0.1) is 90.4 Å². The molecule has 0 spiro atoms. The Bertz CT molecular complexity index is 3910. The third kappa shape index (κ3) is 26.3. The lowest BCUT2D eigenvalue weighted by molar-refractivity contribution is -0.396. The number of rotatable bonds is 43. The second kappa shape index (κ2) is 50.3. The Morgan fingerprint density at radius 2 is 0.681 bits per heavy atom. The zero-order valence-electron chi connectivity index (χ0n) is 73.8. The predicted molar refractivity (Wildman–Crippen MR) is 423 cm³/mol. The number of amides is 5. The van der Waals surface area contributed by atoms with Crippen LogP contribution in [0.25, 0.3) is 0 Å². The lowest BCUT2D eigenvalue weighted by Crippen LogP contribution is -2.70. The maximum absolute atomic E-state index is 13.2. The van der Waals surface area contributed by atoms with Crippen LogP contribution in [0, 0.1) is 0 Å². The largest absolute Gasteiger partial charge is 0.477 e. The maximum atomic E-state index is 13.2. The van der Waals surface area contributed by atoms with Gasteiger partial charge in [-0.15, -0.1) is 0 Å². The molecule has 62 nitrogen and oxygen atoms in total. The molecule has 9 aliphatic rings. The molecule has 9 aliphatic heterocycles. The molecule has 62 heteroatoms. The van der Waals surface area contributed by atoms with Crippen LogP contribution in [0.5, 0.6) is 0 Å². The first-order valence-corrected chi connectivity index (χ1v) is 43.2. The van der Waals surface area contributed by atoms with Crippen LogP contribution in [0.1, 0.15) is 47.5 Å². The van der Waals surface area contributed by atoms with Crippen LogP contribution in [0.15, 0.2) is 0 Å². The number of aldehydes is 1. The summed E-state index contributed by atoms with van der Waals surface area (Å²) in [6.45, 7) is -8.17. The summed E-state index contributed by atoms with van der Waals surface area (Å²) >= 11 is 0. The Kier molecular flexibility index (Phi) is 42.1. The zero-order valence-corrected chi connectivity index (χ0v) is 73.8. The molecule has 5 amide bonds. The van der Waals surface area contributed by atoms with E-state index in [1.807, 2.05) is 5.32 Å². The van der Waals surface area contributed by atoms with Crippen molar-refractivity contribution in [1.29, 1.82) is 0 Å². The van der Waals surface area contributed by atoms with Gasteiger partial charge in [-0.05, 0) is 0 Å². The Hall–Kier alpha value is -5.92. The Balaban J connectivity index is 0.985. The normalized spacial score (nSPS) is 43.7. The average molecular weight is 2020 g/mol. The monoisotopic (exact) mass is 2020 g/mol. The van der Waals surface area contributed by atoms with Gasteiger partial charge in [0.1, 0.15) is 238 Å². The number of aliphatic hydroxyl groups excluding tert-OH is 29. The quantitative estimate of drug-likeness (QED) is 0.0252. The van der Waals surface area contributed by atoms with Crippen molar-refractivity contribution in [2.24, 2.45) is 0 Å². The minimum Gasteiger partial charge on any atom is -0.477 e. The lowest BCUT2D eigenvalue weighted by atomic mass is 9.88. The molecule has 9 rings (SSSR count). The molecule has 0 aromatic rings. The molecule has 0 bridgehead atoms. The van der Waals surface area contributed by atoms with E-state index in [0.29, 0.717) is 0 Å². The fraction of sp³-hybridized carbons (Fsp3) is 0.895. The Morgan fingerprint density at radius 1 is 0.348 bits per heavy atom. The van der Waals surface area contributed by atoms with E-state index in [0.717, 1.165) is 34.6 Å². The van der Waals surface area contributed by atoms with E-state index in [4.69, 9.17) is 85.3 Å². The Labute approximate surface area is 779 Å². The molecular formula is C76H125N5O57. The van der Waals surface area contributed by atoms with Gasteiger partial charge < -0.3 is 275 Å². The molecule has 0 aromatic heterocycles. The fourth-order valence-corrected chi connectivity index (χ4v) is 17.0. The topological polar surface area (TPSA) is 990 Å². The summed E-state index contributed by atoms with van der Waals surface area (Å²) in [6.07, 6.45) is -103. The first kappa shape index (κ1) is 116. The molecule has 796 valence electrons. The maximum Gasteiger partial charge on any atom is 0.364 e. The van der Waals surface area contributed by atoms with Crippen molar-refractivity contribution in [3.63, 3.8) is 0 Å². The van der Waals surface area contributed by atoms with Gasteiger partial charge in [0.15, 0.2) is 44.0 Å². The number of hydrogen-bond donors (Lipinski definition) is 36. The van der Waals surface area contributed by atoms with Crippen molar-refractivity contribution in [2.45, 2.75) is 359 Å². The first-order valence-electron chi connectivity index (χ1n) is 43.2. The molecule has 0 aromatic carbocycles. The molecule has 0 aliphatic carbocycles. The van der Waals surface area contributed by atoms with Gasteiger partial charge in [0, 0.05) is 47.5 Å². The van der Waals surface area contributed by atoms with Crippen LogP contribution in [0.2, 0.25) is 0 Å². The van der Waals surface area contributed by atoms with Crippen molar-refractivity contribution in [2.75, 3.05) is 66.1 Å². The van der Waals surface area contributed by atoms with Crippen LogP contribution < -0.4 is 26.6 Å². The summed E-state index contributed by atoms with van der Waals surface area (Å²) in [6, 6.07) is -9.68. The molecule has 36 N–H and O–H groups in total. The summed E-state index contributed by atoms with van der Waals surface area (Å²) in [5.41, 5.74) is 0. The highest BCUT2D eigenvalue weighted by Gasteiger charge is 2.64. The van der Waals surface area contributed by atoms with Gasteiger partial charge in [-0.1, -0.05) is 0 Å². The van der Waals surface area contributed by atoms with E-state index in [1.165, 1.54) is 0 Å². The number of carboxylic acid groups (broad SMARTS) is 2. The number of carbonyl (C=O) groups is 8. The number of aliphatic carboxylic acids is 2. The second-order valence-electron chi connectivity index (χ2n) is 34.3. The van der Waals surface area contributed by atoms with E-state index in [-0.39, 0.29) is 6.29 Å². The highest BCUT2D eigenvalue weighted by molar-refractivity contribution is 5.79. The fourth-order valence-electron chi connectivity index (χ4n) is 17.0. The van der Waals surface area contributed by atoms with Gasteiger partial charge in [-0.2, -0.15) is 0 Å². The van der Waals surface area contributed by atoms with Crippen molar-refractivity contribution >= 4 is 47.8 Å². The van der Waals surface area contributed by atoms with Crippen molar-refractivity contribution in [3.8, 4) is 0 Å². The predicted octanol–water partition coefficient (Wildman–Crippen LogP) is -23.8. The summed E-state index contributed by atoms with van der Waals surface area (Å²) in [5, 5.41) is 356. The van der Waals surface area contributed by atoms with Gasteiger partial charge in [-0.3, -0.25) is 24.0 Å². The summed E-state index contributed by atoms with van der Waals surface area (Å²) in [7, 11) is 0. The average Bonchev–Trinajstić information content (AvgIpc) is 0.771. The van der Waals surface area contributed by atoms with Gasteiger partial charge in [0.25, 0.3) is 11.6 Å². The van der Waals surface area contributed by atoms with Gasteiger partial charge >= 0.3 is 11.9 Å². The van der Waals surface area contributed by atoms with E-state index in [1.54, 1.807) is 0 Å². The number of carbonyl (C=O) groups excluding carboxylic acids is 6. The smallest absolute Gasteiger partial charge is 0.364 e. The Morgan fingerprint density at radius 3 is 1.04 bits per heavy atom. The summed E-state index contributed by atoms with van der Waals surface area (Å²) < 4.78 is 106. The standard InChI is InChI=1S/C76H125N5O57/c1-19(90)77-24(8-82)41(100)58(29(99)11-85)131-70-57(116)63(134-72-65(54(113)45(104)31(13-87)125-72)136-67-40(81-23(5)94)50(109)60(33(15-89)127-67)133-69-56(115)52(111)47(106)36(130-69)18-123-76(74(119)120)7-26(96)38(79-21(3)92)62(138-76)43(102)28(98)10-84)48(107)34(128-70)16-121-71-64(53(112)44(103)30(12-86)124-71)135-66-39(80-22(4)93)49(108)59(32(14-88)126-66)132-68-55(114)51(110)46(105)35(129-68)17-122-75(73(117)118)6-25(95)37(78-20(2)91)61(137-75)42(101)27(97)9-83/h8,24-72,83-89,95-116H,6-7,9-18H2,1-5H3,(H,77,90)(H,78,91)(H,79,92)(H,80,93)(H,81,94)(H,117,118)(H,119,120). The highest BCUT2D eigenvalue weighted by Crippen LogP contribution is 2.42. The minimum absolute atomic E-state index is 0.0714. The molecule has 51 atom stereocenters. The van der Waals surface area contributed by atoms with Crippen LogP contribution in [0.3, 0.4) is 0 Å². The van der Waals surface area contributed by atoms with Crippen LogP contribution in [-0.2, 0) is 124 Å². The molecule has 9 fully saturated rings. The van der Waals surface area contributed by atoms with E-state index < -0.39 is 432 Å².